The van der Waals surface area contributed by atoms with Gasteiger partial charge in [-0.3, -0.25) is 4.79 Å². The van der Waals surface area contributed by atoms with E-state index in [0.29, 0.717) is 12.8 Å². The molecule has 17 atom stereocenters. The summed E-state index contributed by atoms with van der Waals surface area (Å²) < 4.78 is 34.6. The van der Waals surface area contributed by atoms with Gasteiger partial charge >= 0.3 is 0 Å². The lowest BCUT2D eigenvalue weighted by Gasteiger charge is -2.48. The Hall–Kier alpha value is -3.03. The SMILES string of the molecule is CC/C=C\C/C=C\C/C=C\C/C=C\C/C=C\C/C=C\C/C=C\CCCCCCCCCCCCCCCCCC(=O)NC(COC1OC(CO)C(OC2OC(CO)C(OC3OC(CO)C(O)C(O)C3O)C(O)C2O)C(O)C1O)C(O)CCCCCCCCCCCCCCCCCCCCCCCCCCCC. The van der Waals surface area contributed by atoms with E-state index in [1.807, 2.05) is 0 Å². The van der Waals surface area contributed by atoms with Crippen LogP contribution in [0.1, 0.15) is 341 Å². The maximum Gasteiger partial charge on any atom is 0.220 e. The van der Waals surface area contributed by atoms with Crippen molar-refractivity contribution in [3.63, 3.8) is 0 Å². The molecule has 3 aliphatic rings. The van der Waals surface area contributed by atoms with Crippen molar-refractivity contribution in [1.29, 1.82) is 0 Å². The van der Waals surface area contributed by atoms with Crippen LogP contribution in [0.5, 0.6) is 0 Å². The smallest absolute Gasteiger partial charge is 0.220 e. The summed E-state index contributed by atoms with van der Waals surface area (Å²) in [6, 6.07) is -0.893. The van der Waals surface area contributed by atoms with Gasteiger partial charge in [0.15, 0.2) is 18.9 Å². The molecule has 19 nitrogen and oxygen atoms in total. The van der Waals surface area contributed by atoms with Crippen molar-refractivity contribution in [2.45, 2.75) is 446 Å². The Bertz CT molecular complexity index is 2280. The van der Waals surface area contributed by atoms with Crippen molar-refractivity contribution in [1.82, 2.24) is 5.32 Å². The van der Waals surface area contributed by atoms with E-state index < -0.39 is 124 Å². The quantitative estimate of drug-likeness (QED) is 0.0199. The molecule has 108 heavy (non-hydrogen) atoms. The highest BCUT2D eigenvalue weighted by atomic mass is 16.8. The van der Waals surface area contributed by atoms with E-state index in [9.17, 15) is 61.0 Å². The van der Waals surface area contributed by atoms with Crippen LogP contribution >= 0.6 is 0 Å². The molecule has 3 fully saturated rings. The average molecular weight is 1530 g/mol. The third kappa shape index (κ3) is 47.0. The fraction of sp³-hybridized carbons (Fsp3) is 0.831. The second kappa shape index (κ2) is 68.4. The van der Waals surface area contributed by atoms with Gasteiger partial charge in [-0.25, -0.2) is 0 Å². The van der Waals surface area contributed by atoms with Crippen LogP contribution in [0.15, 0.2) is 85.1 Å². The molecule has 12 N–H and O–H groups in total. The molecular weight excluding hydrogens is 1370 g/mol. The third-order valence-electron chi connectivity index (χ3n) is 21.5. The number of nitrogens with one attached hydrogen (secondary N) is 1. The lowest BCUT2D eigenvalue weighted by Crippen LogP contribution is -2.66. The van der Waals surface area contributed by atoms with E-state index in [0.717, 1.165) is 96.3 Å². The average Bonchev–Trinajstić information content (AvgIpc) is 0.779. The van der Waals surface area contributed by atoms with E-state index in [1.165, 1.54) is 212 Å². The summed E-state index contributed by atoms with van der Waals surface area (Å²) in [7, 11) is 0. The lowest BCUT2D eigenvalue weighted by molar-refractivity contribution is -0.379. The predicted octanol–water partition coefficient (Wildman–Crippen LogP) is 16.1. The minimum Gasteiger partial charge on any atom is -0.394 e. The van der Waals surface area contributed by atoms with Crippen LogP contribution in [0.4, 0.5) is 0 Å². The van der Waals surface area contributed by atoms with Crippen LogP contribution in [0.2, 0.25) is 0 Å². The number of aliphatic hydroxyl groups is 11. The highest BCUT2D eigenvalue weighted by Gasteiger charge is 2.54. The van der Waals surface area contributed by atoms with E-state index in [1.54, 1.807) is 0 Å². The Labute approximate surface area is 654 Å². The topological polar surface area (TPSA) is 307 Å². The molecule has 0 spiro atoms. The maximum atomic E-state index is 13.5. The first-order valence-electron chi connectivity index (χ1n) is 43.8. The molecule has 0 saturated carbocycles. The Morgan fingerprint density at radius 2 is 0.639 bits per heavy atom. The number of carbonyl (C=O) groups excluding carboxylic acids is 1. The largest absolute Gasteiger partial charge is 0.394 e. The molecule has 19 heteroatoms. The van der Waals surface area contributed by atoms with Crippen molar-refractivity contribution >= 4 is 5.91 Å². The van der Waals surface area contributed by atoms with Gasteiger partial charge in [0.2, 0.25) is 5.91 Å². The number of amides is 1. The van der Waals surface area contributed by atoms with Crippen molar-refractivity contribution in [2.75, 3.05) is 26.4 Å². The predicted molar refractivity (Wildman–Crippen MR) is 434 cm³/mol. The summed E-state index contributed by atoms with van der Waals surface area (Å²) in [6.45, 7) is 1.73. The highest BCUT2D eigenvalue weighted by Crippen LogP contribution is 2.33. The Morgan fingerprint density at radius 3 is 1.00 bits per heavy atom. The summed E-state index contributed by atoms with van der Waals surface area (Å²) in [5.74, 6) is -0.240. The number of aliphatic hydroxyl groups excluding tert-OH is 11. The zero-order valence-corrected chi connectivity index (χ0v) is 67.6. The first kappa shape index (κ1) is 99.2. The molecule has 3 aliphatic heterocycles. The highest BCUT2D eigenvalue weighted by molar-refractivity contribution is 5.76. The fourth-order valence-corrected chi connectivity index (χ4v) is 14.5. The normalized spacial score (nSPS) is 25.8. The number of carbonyl (C=O) groups is 1. The maximum absolute atomic E-state index is 13.5. The molecule has 0 aromatic rings. The van der Waals surface area contributed by atoms with Crippen molar-refractivity contribution in [3.8, 4) is 0 Å². The summed E-state index contributed by atoms with van der Waals surface area (Å²) in [6.07, 6.45) is 65.3. The number of allylic oxidation sites excluding steroid dienone is 14. The van der Waals surface area contributed by atoms with Gasteiger partial charge in [0, 0.05) is 6.42 Å². The van der Waals surface area contributed by atoms with E-state index >= 15 is 0 Å². The molecule has 0 aromatic heterocycles. The molecule has 3 rings (SSSR count). The Kier molecular flexibility index (Phi) is 62.8. The fourth-order valence-electron chi connectivity index (χ4n) is 14.5. The molecule has 17 unspecified atom stereocenters. The van der Waals surface area contributed by atoms with Gasteiger partial charge in [0.25, 0.3) is 0 Å². The van der Waals surface area contributed by atoms with Crippen LogP contribution in [0.3, 0.4) is 0 Å². The number of unbranched alkanes of at least 4 members (excludes halogenated alkanes) is 40. The standard InChI is InChI=1S/C89H159NO18/c1-3-5-7-9-11-13-15-17-19-21-23-25-27-29-31-32-33-34-35-36-37-38-39-40-41-43-45-47-49-51-53-55-57-59-61-63-65-67-77(95)90-72(73(94)66-64-62-60-58-56-54-52-50-48-46-44-42-30-28-26-24-22-20-18-16-14-12-10-8-6-4-2)71-103-87-83(101)80(98)85(75(69-92)105-87)108-89-84(102)81(99)86(76(70-93)106-89)107-88-82(100)79(97)78(96)74(68-91)104-88/h5,7,11,13,17,19,23,25,29,31,33-34,36-37,72-76,78-89,91-94,96-102H,3-4,6,8-10,12,14-16,18,20-22,24,26-28,30,32,35,38-71H2,1-2H3,(H,90,95)/b7-5-,13-11-,19-17-,25-23-,31-29-,34-33-,37-36-. The molecule has 1 amide bonds. The molecule has 3 heterocycles. The number of hydrogen-bond donors (Lipinski definition) is 12. The first-order valence-corrected chi connectivity index (χ1v) is 43.8. The summed E-state index contributed by atoms with van der Waals surface area (Å²) in [5.41, 5.74) is 0. The summed E-state index contributed by atoms with van der Waals surface area (Å²) >= 11 is 0. The second-order valence-corrected chi connectivity index (χ2v) is 31.0. The van der Waals surface area contributed by atoms with Gasteiger partial charge in [0.1, 0.15) is 73.2 Å². The van der Waals surface area contributed by atoms with Crippen LogP contribution in [0.25, 0.3) is 0 Å². The van der Waals surface area contributed by atoms with Crippen molar-refractivity contribution < 1.29 is 89.4 Å². The van der Waals surface area contributed by atoms with E-state index in [4.69, 9.17) is 28.4 Å². The first-order chi connectivity index (χ1) is 52.8. The van der Waals surface area contributed by atoms with Gasteiger partial charge < -0.3 is 89.9 Å². The number of hydrogen-bond acceptors (Lipinski definition) is 18. The van der Waals surface area contributed by atoms with Crippen LogP contribution < -0.4 is 5.32 Å². The van der Waals surface area contributed by atoms with Gasteiger partial charge in [-0.05, 0) is 70.6 Å². The molecule has 0 bridgehead atoms. The minimum atomic E-state index is -1.98. The van der Waals surface area contributed by atoms with Crippen molar-refractivity contribution in [2.24, 2.45) is 0 Å². The van der Waals surface area contributed by atoms with Gasteiger partial charge in [-0.1, -0.05) is 349 Å². The zero-order valence-electron chi connectivity index (χ0n) is 67.6. The molecule has 0 radical (unpaired) electrons. The summed E-state index contributed by atoms with van der Waals surface area (Å²) in [5, 5.41) is 121. The van der Waals surface area contributed by atoms with E-state index in [-0.39, 0.29) is 18.9 Å². The van der Waals surface area contributed by atoms with E-state index in [2.05, 4.69) is 104 Å². The zero-order chi connectivity index (χ0) is 78.1. The molecule has 3 saturated heterocycles. The number of ether oxygens (including phenoxy) is 6. The van der Waals surface area contributed by atoms with Gasteiger partial charge in [0.05, 0.1) is 38.6 Å². The van der Waals surface area contributed by atoms with Gasteiger partial charge in [-0.2, -0.15) is 0 Å². The molecule has 0 aliphatic carbocycles. The second-order valence-electron chi connectivity index (χ2n) is 31.0. The molecule has 628 valence electrons. The monoisotopic (exact) mass is 1530 g/mol. The van der Waals surface area contributed by atoms with Crippen molar-refractivity contribution in [3.05, 3.63) is 85.1 Å². The Morgan fingerprint density at radius 1 is 0.343 bits per heavy atom. The Balaban J connectivity index is 1.33. The minimum absolute atomic E-state index is 0.240. The number of rotatable bonds is 70. The summed E-state index contributed by atoms with van der Waals surface area (Å²) in [4.78, 5) is 13.5. The molecular formula is C89H159NO18. The molecule has 0 aromatic carbocycles. The third-order valence-corrected chi connectivity index (χ3v) is 21.5. The van der Waals surface area contributed by atoms with Crippen LogP contribution in [-0.2, 0) is 33.2 Å². The van der Waals surface area contributed by atoms with Crippen LogP contribution in [0, 0.1) is 0 Å². The van der Waals surface area contributed by atoms with Gasteiger partial charge in [-0.15, -0.1) is 0 Å². The lowest BCUT2D eigenvalue weighted by atomic mass is 9.96. The van der Waals surface area contributed by atoms with Crippen LogP contribution in [-0.4, -0.2) is 193 Å².